The summed E-state index contributed by atoms with van der Waals surface area (Å²) in [5.74, 6) is 0.706. The molecule has 2 saturated heterocycles. The summed E-state index contributed by atoms with van der Waals surface area (Å²) in [6.45, 7) is 11.8. The predicted octanol–water partition coefficient (Wildman–Crippen LogP) is 2.86. The fraction of sp³-hybridized carbons (Fsp3) is 0.500. The molecule has 6 nitrogen and oxygen atoms in total. The molecular formula is C20H25N3O3S. The average molecular weight is 388 g/mol. The number of hydrogen-bond acceptors (Lipinski definition) is 5. The zero-order valence-corrected chi connectivity index (χ0v) is 16.3. The third-order valence-electron chi connectivity index (χ3n) is 5.23. The third-order valence-corrected chi connectivity index (χ3v) is 6.36. The Kier molecular flexibility index (Phi) is 5.52. The number of morpholine rings is 1. The number of allylic oxidation sites excluding steroid dienone is 3. The van der Waals surface area contributed by atoms with Gasteiger partial charge in [0, 0.05) is 41.5 Å². The SMILES string of the molecule is C=CC1=C(C=C)c2c(c(C(=O)N3CCOCC3)nn2CC2CCCO2)CS1. The number of fused-ring (bicyclic) bond motifs is 1. The molecule has 27 heavy (non-hydrogen) atoms. The summed E-state index contributed by atoms with van der Waals surface area (Å²) >= 11 is 1.68. The molecule has 0 spiro atoms. The number of rotatable bonds is 5. The largest absolute Gasteiger partial charge is 0.378 e. The average Bonchev–Trinajstić information content (AvgIpc) is 3.36. The Morgan fingerprint density at radius 3 is 2.74 bits per heavy atom. The van der Waals surface area contributed by atoms with E-state index in [9.17, 15) is 4.79 Å². The molecule has 3 aliphatic rings. The van der Waals surface area contributed by atoms with Gasteiger partial charge in [0.1, 0.15) is 0 Å². The van der Waals surface area contributed by atoms with E-state index in [2.05, 4.69) is 13.2 Å². The molecule has 4 heterocycles. The fourth-order valence-electron chi connectivity index (χ4n) is 3.85. The summed E-state index contributed by atoms with van der Waals surface area (Å²) in [5.41, 5.74) is 3.54. The number of carbonyl (C=O) groups is 1. The smallest absolute Gasteiger partial charge is 0.274 e. The minimum absolute atomic E-state index is 0.00768. The molecule has 0 radical (unpaired) electrons. The summed E-state index contributed by atoms with van der Waals surface area (Å²) in [7, 11) is 0. The van der Waals surface area contributed by atoms with Crippen LogP contribution in [0.1, 0.15) is 34.6 Å². The number of amides is 1. The molecule has 0 aliphatic carbocycles. The van der Waals surface area contributed by atoms with Crippen LogP contribution in [0.5, 0.6) is 0 Å². The van der Waals surface area contributed by atoms with Crippen molar-refractivity contribution in [1.82, 2.24) is 14.7 Å². The van der Waals surface area contributed by atoms with Crippen LogP contribution in [0.3, 0.4) is 0 Å². The van der Waals surface area contributed by atoms with E-state index in [0.717, 1.165) is 41.2 Å². The minimum Gasteiger partial charge on any atom is -0.378 e. The highest BCUT2D eigenvalue weighted by atomic mass is 32.2. The standard InChI is InChI=1S/C20H25N3O3S/c1-3-15-17(4-2)27-13-16-18(20(24)22-7-10-25-11-8-22)21-23(19(15)16)12-14-6-5-9-26-14/h3-4,14H,1-2,5-13H2. The van der Waals surface area contributed by atoms with Crippen LogP contribution in [0.15, 0.2) is 30.2 Å². The van der Waals surface area contributed by atoms with E-state index in [-0.39, 0.29) is 12.0 Å². The molecule has 4 rings (SSSR count). The molecule has 2 fully saturated rings. The zero-order valence-electron chi connectivity index (χ0n) is 15.5. The normalized spacial score (nSPS) is 22.7. The summed E-state index contributed by atoms with van der Waals surface area (Å²) in [6.07, 6.45) is 5.95. The van der Waals surface area contributed by atoms with Crippen molar-refractivity contribution in [3.63, 3.8) is 0 Å². The highest BCUT2D eigenvalue weighted by Gasteiger charge is 2.32. The van der Waals surface area contributed by atoms with Gasteiger partial charge in [0.2, 0.25) is 0 Å². The highest BCUT2D eigenvalue weighted by Crippen LogP contribution is 2.41. The van der Waals surface area contributed by atoms with E-state index in [1.54, 1.807) is 11.8 Å². The van der Waals surface area contributed by atoms with E-state index in [1.807, 2.05) is 21.7 Å². The first-order valence-electron chi connectivity index (χ1n) is 9.43. The second-order valence-corrected chi connectivity index (χ2v) is 7.89. The van der Waals surface area contributed by atoms with Crippen LogP contribution in [-0.2, 0) is 21.8 Å². The van der Waals surface area contributed by atoms with Gasteiger partial charge in [-0.05, 0) is 12.8 Å². The number of aromatic nitrogens is 2. The molecule has 3 aliphatic heterocycles. The summed E-state index contributed by atoms with van der Waals surface area (Å²) < 4.78 is 13.2. The van der Waals surface area contributed by atoms with Crippen LogP contribution in [0, 0.1) is 0 Å². The van der Waals surface area contributed by atoms with Crippen LogP contribution in [-0.4, -0.2) is 59.6 Å². The fourth-order valence-corrected chi connectivity index (χ4v) is 4.88. The summed E-state index contributed by atoms with van der Waals surface area (Å²) in [5, 5.41) is 4.77. The van der Waals surface area contributed by atoms with Crippen molar-refractivity contribution in [1.29, 1.82) is 0 Å². The van der Waals surface area contributed by atoms with E-state index in [4.69, 9.17) is 14.6 Å². The molecule has 0 saturated carbocycles. The van der Waals surface area contributed by atoms with Crippen molar-refractivity contribution >= 4 is 23.2 Å². The molecule has 1 unspecified atom stereocenters. The van der Waals surface area contributed by atoms with Crippen molar-refractivity contribution in [2.45, 2.75) is 31.2 Å². The van der Waals surface area contributed by atoms with Gasteiger partial charge in [-0.1, -0.05) is 25.3 Å². The molecule has 0 N–H and O–H groups in total. The first-order chi connectivity index (χ1) is 13.2. The Morgan fingerprint density at radius 1 is 1.26 bits per heavy atom. The Bertz CT molecular complexity index is 787. The first-order valence-corrected chi connectivity index (χ1v) is 10.4. The van der Waals surface area contributed by atoms with Gasteiger partial charge < -0.3 is 14.4 Å². The Labute approximate surface area is 163 Å². The van der Waals surface area contributed by atoms with Gasteiger partial charge in [0.05, 0.1) is 31.6 Å². The molecular weight excluding hydrogens is 362 g/mol. The molecule has 144 valence electrons. The maximum absolute atomic E-state index is 13.2. The van der Waals surface area contributed by atoms with Crippen molar-refractivity contribution < 1.29 is 14.3 Å². The van der Waals surface area contributed by atoms with Gasteiger partial charge >= 0.3 is 0 Å². The number of nitrogens with zero attached hydrogens (tertiary/aromatic N) is 3. The quantitative estimate of drug-likeness (QED) is 0.778. The van der Waals surface area contributed by atoms with Crippen LogP contribution < -0.4 is 0 Å². The summed E-state index contributed by atoms with van der Waals surface area (Å²) in [4.78, 5) is 16.1. The van der Waals surface area contributed by atoms with Crippen molar-refractivity contribution in [2.24, 2.45) is 0 Å². The van der Waals surface area contributed by atoms with Crippen LogP contribution in [0.2, 0.25) is 0 Å². The van der Waals surface area contributed by atoms with E-state index in [0.29, 0.717) is 44.3 Å². The Balaban J connectivity index is 1.75. The van der Waals surface area contributed by atoms with Crippen molar-refractivity contribution in [3.8, 4) is 0 Å². The topological polar surface area (TPSA) is 56.6 Å². The van der Waals surface area contributed by atoms with Crippen molar-refractivity contribution in [2.75, 3.05) is 32.9 Å². The van der Waals surface area contributed by atoms with Gasteiger partial charge in [-0.15, -0.1) is 11.8 Å². The zero-order chi connectivity index (χ0) is 18.8. The van der Waals surface area contributed by atoms with Gasteiger partial charge in [0.15, 0.2) is 5.69 Å². The lowest BCUT2D eigenvalue weighted by Crippen LogP contribution is -2.41. The van der Waals surface area contributed by atoms with E-state index in [1.165, 1.54) is 0 Å². The molecule has 0 bridgehead atoms. The monoisotopic (exact) mass is 387 g/mol. The Hall–Kier alpha value is -1.83. The van der Waals surface area contributed by atoms with Gasteiger partial charge in [-0.2, -0.15) is 5.10 Å². The molecule has 7 heteroatoms. The van der Waals surface area contributed by atoms with E-state index >= 15 is 0 Å². The maximum atomic E-state index is 13.2. The molecule has 1 atom stereocenters. The van der Waals surface area contributed by atoms with Crippen LogP contribution >= 0.6 is 11.8 Å². The Morgan fingerprint density at radius 2 is 2.07 bits per heavy atom. The van der Waals surface area contributed by atoms with Crippen LogP contribution in [0.4, 0.5) is 0 Å². The number of thioether (sulfide) groups is 1. The molecule has 1 aromatic heterocycles. The second kappa shape index (κ2) is 8.04. The number of hydrogen-bond donors (Lipinski definition) is 0. The second-order valence-electron chi connectivity index (χ2n) is 6.87. The van der Waals surface area contributed by atoms with Crippen molar-refractivity contribution in [3.05, 3.63) is 47.2 Å². The van der Waals surface area contributed by atoms with E-state index < -0.39 is 0 Å². The lowest BCUT2D eigenvalue weighted by atomic mass is 10.0. The van der Waals surface area contributed by atoms with Crippen LogP contribution in [0.25, 0.3) is 5.57 Å². The van der Waals surface area contributed by atoms with Gasteiger partial charge in [-0.25, -0.2) is 0 Å². The molecule has 0 aromatic carbocycles. The number of ether oxygens (including phenoxy) is 2. The minimum atomic E-state index is -0.00768. The first kappa shape index (κ1) is 18.5. The van der Waals surface area contributed by atoms with Gasteiger partial charge in [0.25, 0.3) is 5.91 Å². The third kappa shape index (κ3) is 3.51. The summed E-state index contributed by atoms with van der Waals surface area (Å²) in [6, 6.07) is 0. The highest BCUT2D eigenvalue weighted by molar-refractivity contribution is 8.02. The lowest BCUT2D eigenvalue weighted by Gasteiger charge is -2.26. The maximum Gasteiger partial charge on any atom is 0.274 e. The lowest BCUT2D eigenvalue weighted by molar-refractivity contribution is 0.0297. The number of carbonyl (C=O) groups excluding carboxylic acids is 1. The molecule has 1 amide bonds. The predicted molar refractivity (Wildman–Crippen MR) is 107 cm³/mol. The van der Waals surface area contributed by atoms with Gasteiger partial charge in [-0.3, -0.25) is 9.48 Å². The molecule has 1 aromatic rings.